The summed E-state index contributed by atoms with van der Waals surface area (Å²) in [5, 5.41) is 8.75. The summed E-state index contributed by atoms with van der Waals surface area (Å²) in [5.74, 6) is -0.505. The lowest BCUT2D eigenvalue weighted by Gasteiger charge is -2.20. The molecule has 0 saturated carbocycles. The van der Waals surface area contributed by atoms with E-state index in [0.29, 0.717) is 16.8 Å². The van der Waals surface area contributed by atoms with E-state index in [1.54, 1.807) is 60.5 Å². The molecule has 0 radical (unpaired) electrons. The summed E-state index contributed by atoms with van der Waals surface area (Å²) in [6.45, 7) is 5.83. The maximum Gasteiger partial charge on any atom is 0.258 e. The molecule has 0 saturated heterocycles. The van der Waals surface area contributed by atoms with E-state index in [0.717, 1.165) is 11.4 Å². The summed E-state index contributed by atoms with van der Waals surface area (Å²) >= 11 is 0. The van der Waals surface area contributed by atoms with Crippen molar-refractivity contribution in [1.82, 2.24) is 5.32 Å². The fourth-order valence-corrected chi connectivity index (χ4v) is 3.20. The van der Waals surface area contributed by atoms with E-state index >= 15 is 0 Å². The van der Waals surface area contributed by atoms with Crippen LogP contribution in [0.3, 0.4) is 0 Å². The largest absolute Gasteiger partial charge is 0.376 e. The number of amides is 3. The number of benzene rings is 3. The van der Waals surface area contributed by atoms with Gasteiger partial charge in [0.2, 0.25) is 5.91 Å². The number of hydrogen-bond donors (Lipinski definition) is 3. The highest BCUT2D eigenvalue weighted by Crippen LogP contribution is 2.17. The van der Waals surface area contributed by atoms with Crippen LogP contribution in [-0.2, 0) is 4.79 Å². The molecule has 7 heteroatoms. The lowest BCUT2D eigenvalue weighted by molar-refractivity contribution is -0.114. The second-order valence-electron chi connectivity index (χ2n) is 8.96. The highest BCUT2D eigenvalue weighted by atomic mass is 16.2. The molecule has 34 heavy (non-hydrogen) atoms. The Balaban J connectivity index is 1.50. The monoisotopic (exact) mass is 458 g/mol. The highest BCUT2D eigenvalue weighted by molar-refractivity contribution is 6.06. The molecule has 0 aliphatic heterocycles. The van der Waals surface area contributed by atoms with Crippen LogP contribution in [0.5, 0.6) is 0 Å². The van der Waals surface area contributed by atoms with Gasteiger partial charge in [0.25, 0.3) is 11.8 Å². The van der Waals surface area contributed by atoms with E-state index in [1.165, 1.54) is 0 Å². The maximum atomic E-state index is 12.7. The fourth-order valence-electron chi connectivity index (χ4n) is 3.20. The minimum absolute atomic E-state index is 0.0605. The Morgan fingerprint density at radius 1 is 0.765 bits per heavy atom. The van der Waals surface area contributed by atoms with Crippen molar-refractivity contribution in [2.24, 2.45) is 0 Å². The molecule has 0 aliphatic carbocycles. The van der Waals surface area contributed by atoms with Gasteiger partial charge in [-0.1, -0.05) is 18.2 Å². The molecule has 7 nitrogen and oxygen atoms in total. The standard InChI is InChI=1S/C27H30N4O3/c1-27(2,3)30-25(33)19-10-14-21(15-11-19)28-18-24(32)29-22-16-12-20(13-17-22)26(34)31(4)23-8-6-5-7-9-23/h5-17,28H,18H2,1-4H3,(H,29,32)(H,30,33). The number of para-hydroxylation sites is 1. The average molecular weight is 459 g/mol. The molecule has 176 valence electrons. The molecular weight excluding hydrogens is 428 g/mol. The second kappa shape index (κ2) is 10.7. The van der Waals surface area contributed by atoms with E-state index in [1.807, 2.05) is 51.1 Å². The number of anilines is 3. The maximum absolute atomic E-state index is 12.7. The average Bonchev–Trinajstić information content (AvgIpc) is 2.82. The van der Waals surface area contributed by atoms with Crippen molar-refractivity contribution < 1.29 is 14.4 Å². The van der Waals surface area contributed by atoms with E-state index < -0.39 is 0 Å². The third-order valence-corrected chi connectivity index (χ3v) is 4.95. The third-order valence-electron chi connectivity index (χ3n) is 4.95. The summed E-state index contributed by atoms with van der Waals surface area (Å²) in [6.07, 6.45) is 0. The van der Waals surface area contributed by atoms with Crippen molar-refractivity contribution in [3.63, 3.8) is 0 Å². The highest BCUT2D eigenvalue weighted by Gasteiger charge is 2.15. The minimum atomic E-state index is -0.310. The van der Waals surface area contributed by atoms with Crippen molar-refractivity contribution in [1.29, 1.82) is 0 Å². The zero-order valence-corrected chi connectivity index (χ0v) is 19.9. The number of carbonyl (C=O) groups is 3. The molecule has 0 atom stereocenters. The van der Waals surface area contributed by atoms with Crippen molar-refractivity contribution in [2.75, 3.05) is 29.1 Å². The molecule has 0 unspecified atom stereocenters. The van der Waals surface area contributed by atoms with Crippen LogP contribution in [-0.4, -0.2) is 36.9 Å². The predicted octanol–water partition coefficient (Wildman–Crippen LogP) is 4.54. The molecule has 3 rings (SSSR count). The van der Waals surface area contributed by atoms with Gasteiger partial charge in [-0.15, -0.1) is 0 Å². The molecule has 0 spiro atoms. The van der Waals surface area contributed by atoms with Crippen molar-refractivity contribution in [3.8, 4) is 0 Å². The Hall–Kier alpha value is -4.13. The number of rotatable bonds is 7. The van der Waals surface area contributed by atoms with Crippen LogP contribution in [0.2, 0.25) is 0 Å². The first-order valence-electron chi connectivity index (χ1n) is 11.0. The van der Waals surface area contributed by atoms with Crippen LogP contribution in [0, 0.1) is 0 Å². The Kier molecular flexibility index (Phi) is 7.68. The number of hydrogen-bond acceptors (Lipinski definition) is 4. The molecule has 0 aliphatic rings. The first kappa shape index (κ1) is 24.5. The fraction of sp³-hybridized carbons (Fsp3) is 0.222. The van der Waals surface area contributed by atoms with Crippen LogP contribution in [0.4, 0.5) is 17.1 Å². The Morgan fingerprint density at radius 3 is 1.91 bits per heavy atom. The van der Waals surface area contributed by atoms with E-state index in [-0.39, 0.29) is 29.8 Å². The lowest BCUT2D eigenvalue weighted by atomic mass is 10.1. The van der Waals surface area contributed by atoms with Crippen LogP contribution >= 0.6 is 0 Å². The van der Waals surface area contributed by atoms with E-state index in [2.05, 4.69) is 16.0 Å². The SMILES string of the molecule is CN(C(=O)c1ccc(NC(=O)CNc2ccc(C(=O)NC(C)(C)C)cc2)cc1)c1ccccc1. The Bertz CT molecular complexity index is 1140. The van der Waals surface area contributed by atoms with Gasteiger partial charge in [0.15, 0.2) is 0 Å². The topological polar surface area (TPSA) is 90.5 Å². The van der Waals surface area contributed by atoms with Gasteiger partial charge < -0.3 is 20.9 Å². The molecule has 3 aromatic rings. The van der Waals surface area contributed by atoms with Crippen molar-refractivity contribution in [2.45, 2.75) is 26.3 Å². The van der Waals surface area contributed by atoms with Crippen LogP contribution in [0.1, 0.15) is 41.5 Å². The number of nitrogens with zero attached hydrogens (tertiary/aromatic N) is 1. The normalized spacial score (nSPS) is 10.8. The first-order chi connectivity index (χ1) is 16.1. The molecule has 0 aromatic heterocycles. The number of carbonyl (C=O) groups excluding carboxylic acids is 3. The summed E-state index contributed by atoms with van der Waals surface area (Å²) in [6, 6.07) is 23.1. The summed E-state index contributed by atoms with van der Waals surface area (Å²) < 4.78 is 0. The van der Waals surface area contributed by atoms with Gasteiger partial charge in [-0.05, 0) is 81.4 Å². The quantitative estimate of drug-likeness (QED) is 0.485. The number of nitrogens with one attached hydrogen (secondary N) is 3. The molecule has 3 aromatic carbocycles. The van der Waals surface area contributed by atoms with Crippen molar-refractivity contribution >= 4 is 34.8 Å². The summed E-state index contributed by atoms with van der Waals surface area (Å²) in [4.78, 5) is 38.8. The van der Waals surface area contributed by atoms with Gasteiger partial charge in [0.05, 0.1) is 6.54 Å². The molecular formula is C27H30N4O3. The molecule has 3 N–H and O–H groups in total. The Morgan fingerprint density at radius 2 is 1.32 bits per heavy atom. The third kappa shape index (κ3) is 6.93. The van der Waals surface area contributed by atoms with E-state index in [9.17, 15) is 14.4 Å². The van der Waals surface area contributed by atoms with Gasteiger partial charge >= 0.3 is 0 Å². The van der Waals surface area contributed by atoms with Gasteiger partial charge in [-0.25, -0.2) is 0 Å². The molecule has 0 bridgehead atoms. The van der Waals surface area contributed by atoms with Gasteiger partial charge in [-0.2, -0.15) is 0 Å². The molecule has 0 heterocycles. The van der Waals surface area contributed by atoms with E-state index in [4.69, 9.17) is 0 Å². The van der Waals surface area contributed by atoms with Crippen LogP contribution < -0.4 is 20.9 Å². The van der Waals surface area contributed by atoms with Gasteiger partial charge in [0.1, 0.15) is 0 Å². The second-order valence-corrected chi connectivity index (χ2v) is 8.96. The first-order valence-corrected chi connectivity index (χ1v) is 11.0. The summed E-state index contributed by atoms with van der Waals surface area (Å²) in [5.41, 5.74) is 2.90. The molecule has 3 amide bonds. The Labute approximate surface area is 200 Å². The lowest BCUT2D eigenvalue weighted by Crippen LogP contribution is -2.40. The smallest absolute Gasteiger partial charge is 0.258 e. The van der Waals surface area contributed by atoms with Gasteiger partial charge in [-0.3, -0.25) is 14.4 Å². The van der Waals surface area contributed by atoms with Gasteiger partial charge in [0, 0.05) is 40.8 Å². The van der Waals surface area contributed by atoms with Crippen molar-refractivity contribution in [3.05, 3.63) is 90.0 Å². The zero-order valence-electron chi connectivity index (χ0n) is 19.9. The zero-order chi connectivity index (χ0) is 24.7. The minimum Gasteiger partial charge on any atom is -0.376 e. The van der Waals surface area contributed by atoms with Crippen LogP contribution in [0.25, 0.3) is 0 Å². The van der Waals surface area contributed by atoms with Crippen LogP contribution in [0.15, 0.2) is 78.9 Å². The summed E-state index contributed by atoms with van der Waals surface area (Å²) in [7, 11) is 1.72. The molecule has 0 fully saturated rings. The predicted molar refractivity (Wildman–Crippen MR) is 136 cm³/mol.